The predicted molar refractivity (Wildman–Crippen MR) is 122 cm³/mol. The van der Waals surface area contributed by atoms with Crippen LogP contribution in [0, 0.1) is 12.7 Å². The Balaban J connectivity index is 1.51. The zero-order chi connectivity index (χ0) is 23.4. The first-order valence-corrected chi connectivity index (χ1v) is 11.2. The summed E-state index contributed by atoms with van der Waals surface area (Å²) in [5.74, 6) is -0.961. The average molecular weight is 471 g/mol. The van der Waals surface area contributed by atoms with Crippen LogP contribution >= 0.6 is 11.6 Å². The number of tetrazole rings is 1. The Kier molecular flexibility index (Phi) is 6.98. The van der Waals surface area contributed by atoms with Gasteiger partial charge in [-0.3, -0.25) is 9.59 Å². The summed E-state index contributed by atoms with van der Waals surface area (Å²) in [6.07, 6.45) is 3.99. The Labute approximate surface area is 195 Å². The zero-order valence-electron chi connectivity index (χ0n) is 18.2. The smallest absolute Gasteiger partial charge is 0.251 e. The van der Waals surface area contributed by atoms with Crippen LogP contribution < -0.4 is 10.2 Å². The maximum atomic E-state index is 13.7. The van der Waals surface area contributed by atoms with Gasteiger partial charge in [0, 0.05) is 17.3 Å². The number of aromatic nitrogens is 4. The highest BCUT2D eigenvalue weighted by Crippen LogP contribution is 2.24. The molecule has 0 spiro atoms. The van der Waals surface area contributed by atoms with E-state index < -0.39 is 11.7 Å². The van der Waals surface area contributed by atoms with Gasteiger partial charge in [0.2, 0.25) is 11.7 Å². The van der Waals surface area contributed by atoms with E-state index in [4.69, 9.17) is 11.6 Å². The number of benzene rings is 2. The average Bonchev–Trinajstić information content (AvgIpc) is 3.47. The molecular formula is C23H24ClFN6O2. The standard InChI is InChI=1S/C23H24ClFN6O2/c1-15-6-8-16(9-7-15)23-27-29-31(28-23)14-22(33)30(18-10-11-20(25)19(24)12-18)13-21(32)26-17-4-2-3-5-17/h6-12,17H,2-5,13-14H2,1H3,(H,26,32). The number of halogens is 2. The minimum Gasteiger partial charge on any atom is -0.352 e. The second kappa shape index (κ2) is 10.1. The van der Waals surface area contributed by atoms with Crippen molar-refractivity contribution in [3.8, 4) is 11.4 Å². The molecule has 172 valence electrons. The summed E-state index contributed by atoms with van der Waals surface area (Å²) in [6, 6.07) is 11.6. The molecular weight excluding hydrogens is 447 g/mol. The molecule has 10 heteroatoms. The number of hydrogen-bond acceptors (Lipinski definition) is 5. The van der Waals surface area contributed by atoms with E-state index in [0.29, 0.717) is 11.5 Å². The Bertz CT molecular complexity index is 1140. The van der Waals surface area contributed by atoms with Gasteiger partial charge < -0.3 is 10.2 Å². The zero-order valence-corrected chi connectivity index (χ0v) is 18.9. The third kappa shape index (κ3) is 5.73. The molecule has 1 aliphatic rings. The number of anilines is 1. The molecule has 8 nitrogen and oxygen atoms in total. The Morgan fingerprint density at radius 3 is 2.61 bits per heavy atom. The minimum atomic E-state index is -0.607. The fourth-order valence-electron chi connectivity index (χ4n) is 3.80. The van der Waals surface area contributed by atoms with Gasteiger partial charge in [-0.2, -0.15) is 4.80 Å². The van der Waals surface area contributed by atoms with Gasteiger partial charge in [0.05, 0.1) is 5.02 Å². The molecule has 4 rings (SSSR count). The number of hydrogen-bond donors (Lipinski definition) is 1. The molecule has 0 bridgehead atoms. The molecule has 1 aliphatic carbocycles. The number of nitrogens with one attached hydrogen (secondary N) is 1. The van der Waals surface area contributed by atoms with Crippen LogP contribution in [0.3, 0.4) is 0 Å². The molecule has 2 aromatic carbocycles. The highest BCUT2D eigenvalue weighted by molar-refractivity contribution is 6.31. The molecule has 0 saturated heterocycles. The van der Waals surface area contributed by atoms with Gasteiger partial charge in [-0.05, 0) is 43.2 Å². The number of nitrogens with zero attached hydrogens (tertiary/aromatic N) is 5. The third-order valence-corrected chi connectivity index (χ3v) is 5.87. The van der Waals surface area contributed by atoms with E-state index >= 15 is 0 Å². The topological polar surface area (TPSA) is 93.0 Å². The van der Waals surface area contributed by atoms with Gasteiger partial charge in [0.15, 0.2) is 0 Å². The van der Waals surface area contributed by atoms with Gasteiger partial charge in [-0.25, -0.2) is 4.39 Å². The summed E-state index contributed by atoms with van der Waals surface area (Å²) in [5.41, 5.74) is 2.19. The molecule has 0 aliphatic heterocycles. The molecule has 2 amide bonds. The van der Waals surface area contributed by atoms with Crippen LogP contribution in [-0.2, 0) is 16.1 Å². The van der Waals surface area contributed by atoms with Crippen LogP contribution in [0.25, 0.3) is 11.4 Å². The Hall–Kier alpha value is -3.33. The summed E-state index contributed by atoms with van der Waals surface area (Å²) in [5, 5.41) is 15.1. The Morgan fingerprint density at radius 1 is 1.18 bits per heavy atom. The van der Waals surface area contributed by atoms with Gasteiger partial charge >= 0.3 is 0 Å². The molecule has 1 fully saturated rings. The molecule has 0 unspecified atom stereocenters. The number of carbonyl (C=O) groups is 2. The van der Waals surface area contributed by atoms with Crippen molar-refractivity contribution in [3.05, 3.63) is 58.9 Å². The molecule has 0 atom stereocenters. The summed E-state index contributed by atoms with van der Waals surface area (Å²) in [4.78, 5) is 28.2. The maximum absolute atomic E-state index is 13.7. The monoisotopic (exact) mass is 470 g/mol. The van der Waals surface area contributed by atoms with Crippen LogP contribution in [-0.4, -0.2) is 44.6 Å². The van der Waals surface area contributed by atoms with Gasteiger partial charge in [-0.15, -0.1) is 10.2 Å². The molecule has 3 aromatic rings. The van der Waals surface area contributed by atoms with E-state index in [1.54, 1.807) is 0 Å². The fourth-order valence-corrected chi connectivity index (χ4v) is 3.97. The minimum absolute atomic E-state index is 0.111. The van der Waals surface area contributed by atoms with Crippen LogP contribution in [0.15, 0.2) is 42.5 Å². The lowest BCUT2D eigenvalue weighted by atomic mass is 10.1. The molecule has 1 aromatic heterocycles. The highest BCUT2D eigenvalue weighted by Gasteiger charge is 2.24. The SMILES string of the molecule is Cc1ccc(-c2nnn(CC(=O)N(CC(=O)NC3CCCC3)c3ccc(F)c(Cl)c3)n2)cc1. The van der Waals surface area contributed by atoms with Crippen LogP contribution in [0.5, 0.6) is 0 Å². The van der Waals surface area contributed by atoms with Crippen molar-refractivity contribution in [1.82, 2.24) is 25.5 Å². The number of rotatable bonds is 7. The van der Waals surface area contributed by atoms with Gasteiger partial charge in [0.1, 0.15) is 18.9 Å². The number of aryl methyl sites for hydroxylation is 1. The van der Waals surface area contributed by atoms with Crippen molar-refractivity contribution in [2.75, 3.05) is 11.4 Å². The summed E-state index contributed by atoms with van der Waals surface area (Å²) in [6.45, 7) is 1.51. The van der Waals surface area contributed by atoms with Crippen molar-refractivity contribution in [1.29, 1.82) is 0 Å². The molecule has 1 N–H and O–H groups in total. The van der Waals surface area contributed by atoms with E-state index in [1.807, 2.05) is 31.2 Å². The largest absolute Gasteiger partial charge is 0.352 e. The second-order valence-electron chi connectivity index (χ2n) is 8.14. The first-order chi connectivity index (χ1) is 15.9. The Morgan fingerprint density at radius 2 is 1.91 bits per heavy atom. The normalized spacial score (nSPS) is 13.8. The summed E-state index contributed by atoms with van der Waals surface area (Å²) < 4.78 is 13.7. The lowest BCUT2D eigenvalue weighted by molar-refractivity contribution is -0.124. The lowest BCUT2D eigenvalue weighted by Crippen LogP contribution is -2.45. The number of carbonyl (C=O) groups excluding carboxylic acids is 2. The quantitative estimate of drug-likeness (QED) is 0.570. The molecule has 1 heterocycles. The molecule has 33 heavy (non-hydrogen) atoms. The van der Waals surface area contributed by atoms with Crippen LogP contribution in [0.1, 0.15) is 31.2 Å². The summed E-state index contributed by atoms with van der Waals surface area (Å²) in [7, 11) is 0. The van der Waals surface area contributed by atoms with Crippen molar-refractivity contribution in [2.45, 2.75) is 45.2 Å². The van der Waals surface area contributed by atoms with Crippen molar-refractivity contribution in [3.63, 3.8) is 0 Å². The van der Waals surface area contributed by atoms with Crippen LogP contribution in [0.2, 0.25) is 5.02 Å². The highest BCUT2D eigenvalue weighted by atomic mass is 35.5. The second-order valence-corrected chi connectivity index (χ2v) is 8.54. The fraction of sp³-hybridized carbons (Fsp3) is 0.348. The molecule has 0 radical (unpaired) electrons. The van der Waals surface area contributed by atoms with E-state index in [0.717, 1.165) is 42.9 Å². The molecule has 1 saturated carbocycles. The van der Waals surface area contributed by atoms with E-state index in [2.05, 4.69) is 20.7 Å². The maximum Gasteiger partial charge on any atom is 0.251 e. The predicted octanol–water partition coefficient (Wildman–Crippen LogP) is 3.53. The van der Waals surface area contributed by atoms with E-state index in [9.17, 15) is 14.0 Å². The summed E-state index contributed by atoms with van der Waals surface area (Å²) >= 11 is 5.93. The third-order valence-electron chi connectivity index (χ3n) is 5.58. The first-order valence-electron chi connectivity index (χ1n) is 10.8. The van der Waals surface area contributed by atoms with Crippen molar-refractivity contribution >= 4 is 29.1 Å². The van der Waals surface area contributed by atoms with E-state index in [1.165, 1.54) is 21.8 Å². The van der Waals surface area contributed by atoms with Crippen LogP contribution in [0.4, 0.5) is 10.1 Å². The van der Waals surface area contributed by atoms with E-state index in [-0.39, 0.29) is 30.1 Å². The first kappa shape index (κ1) is 22.8. The van der Waals surface area contributed by atoms with Crippen molar-refractivity contribution in [2.24, 2.45) is 0 Å². The van der Waals surface area contributed by atoms with Gasteiger partial charge in [-0.1, -0.05) is 54.3 Å². The lowest BCUT2D eigenvalue weighted by Gasteiger charge is -2.23. The van der Waals surface area contributed by atoms with Gasteiger partial charge in [0.25, 0.3) is 5.91 Å². The number of amides is 2. The van der Waals surface area contributed by atoms with Crippen molar-refractivity contribution < 1.29 is 14.0 Å².